The van der Waals surface area contributed by atoms with Crippen molar-refractivity contribution in [1.29, 1.82) is 0 Å². The van der Waals surface area contributed by atoms with Gasteiger partial charge in [0, 0.05) is 32.2 Å². The van der Waals surface area contributed by atoms with Gasteiger partial charge in [0.15, 0.2) is 12.1 Å². The molecule has 0 aromatic heterocycles. The van der Waals surface area contributed by atoms with Crippen LogP contribution >= 0.6 is 0 Å². The lowest BCUT2D eigenvalue weighted by molar-refractivity contribution is -0.295. The standard InChI is InChI=1S/C33H59N3O7/c1-22-19-33(6,40-10)29(43-30-27(37)26(34(7)8)18-23(2)42-30)24(3)28(38)32(4,5)31(39)41-21-25(35(9)20-22)14-13-17-36-15-11-12-16-36/h13-14,22-27,29-30,37H,11-12,15-21H2,1-10H3/b14-13+/t22-,23-,24+,25-,26+,27-,29-,30+,33-/m1/s1. The van der Waals surface area contributed by atoms with Crippen LogP contribution in [0, 0.1) is 17.3 Å². The summed E-state index contributed by atoms with van der Waals surface area (Å²) >= 11 is 0. The lowest BCUT2D eigenvalue weighted by atomic mass is 9.74. The summed E-state index contributed by atoms with van der Waals surface area (Å²) in [5.74, 6) is -1.46. The SMILES string of the molecule is CO[C@]1(C)C[C@@H](C)CN(C)[C@H](/C=C/CN2CCCC2)COC(=O)C(C)(C)C(=O)[C@H](C)[C@H]1O[C@@H]1O[C@H](C)C[C@H](N(C)C)[C@H]1O. The summed E-state index contributed by atoms with van der Waals surface area (Å²) in [6.07, 6.45) is 5.18. The van der Waals surface area contributed by atoms with Gasteiger partial charge < -0.3 is 29.0 Å². The number of carbonyl (C=O) groups excluding carboxylic acids is 2. The van der Waals surface area contributed by atoms with Gasteiger partial charge >= 0.3 is 5.97 Å². The van der Waals surface area contributed by atoms with Gasteiger partial charge in [-0.2, -0.15) is 0 Å². The van der Waals surface area contributed by atoms with Crippen molar-refractivity contribution in [3.05, 3.63) is 12.2 Å². The Kier molecular flexibility index (Phi) is 12.8. The average Bonchev–Trinajstić information content (AvgIpc) is 3.46. The summed E-state index contributed by atoms with van der Waals surface area (Å²) in [6.45, 7) is 15.1. The number of hydrogen-bond donors (Lipinski definition) is 1. The van der Waals surface area contributed by atoms with E-state index in [1.165, 1.54) is 12.8 Å². The van der Waals surface area contributed by atoms with Crippen molar-refractivity contribution in [2.75, 3.05) is 61.0 Å². The summed E-state index contributed by atoms with van der Waals surface area (Å²) in [6, 6.07) is -0.299. The van der Waals surface area contributed by atoms with Gasteiger partial charge in [0.25, 0.3) is 0 Å². The molecular weight excluding hydrogens is 550 g/mol. The first-order valence-corrected chi connectivity index (χ1v) is 16.1. The van der Waals surface area contributed by atoms with E-state index in [0.717, 1.165) is 26.2 Å². The molecular formula is C33H59N3O7. The van der Waals surface area contributed by atoms with Crippen LogP contribution in [-0.4, -0.2) is 135 Å². The molecule has 3 aliphatic heterocycles. The number of ketones is 1. The van der Waals surface area contributed by atoms with Crippen LogP contribution in [-0.2, 0) is 28.5 Å². The molecule has 3 rings (SSSR count). The summed E-state index contributed by atoms with van der Waals surface area (Å²) < 4.78 is 24.8. The number of methoxy groups -OCH3 is 1. The van der Waals surface area contributed by atoms with E-state index in [1.807, 2.05) is 39.9 Å². The van der Waals surface area contributed by atoms with Crippen LogP contribution in [0.1, 0.15) is 67.2 Å². The number of ether oxygens (including phenoxy) is 4. The number of likely N-dealkylation sites (N-methyl/N-ethyl adjacent to an activating group) is 2. The molecule has 3 fully saturated rings. The fourth-order valence-electron chi connectivity index (χ4n) is 7.10. The molecule has 0 aromatic rings. The molecule has 248 valence electrons. The predicted molar refractivity (Wildman–Crippen MR) is 167 cm³/mol. The van der Waals surface area contributed by atoms with Crippen molar-refractivity contribution in [2.45, 2.75) is 110 Å². The van der Waals surface area contributed by atoms with E-state index in [4.69, 9.17) is 18.9 Å². The van der Waals surface area contributed by atoms with E-state index < -0.39 is 41.4 Å². The van der Waals surface area contributed by atoms with Gasteiger partial charge in [-0.3, -0.25) is 19.4 Å². The molecule has 1 N–H and O–H groups in total. The minimum absolute atomic E-state index is 0.130. The largest absolute Gasteiger partial charge is 0.463 e. The molecule has 0 aromatic carbocycles. The first-order valence-electron chi connectivity index (χ1n) is 16.1. The Balaban J connectivity index is 1.93. The number of aliphatic hydroxyl groups is 1. The Labute approximate surface area is 260 Å². The quantitative estimate of drug-likeness (QED) is 0.263. The average molecular weight is 610 g/mol. The molecule has 3 heterocycles. The zero-order chi connectivity index (χ0) is 32.1. The number of likely N-dealkylation sites (tertiary alicyclic amines) is 1. The molecule has 0 bridgehead atoms. The van der Waals surface area contributed by atoms with E-state index in [2.05, 4.69) is 28.9 Å². The van der Waals surface area contributed by atoms with Gasteiger partial charge in [-0.25, -0.2) is 0 Å². The minimum atomic E-state index is -1.41. The smallest absolute Gasteiger partial charge is 0.319 e. The summed E-state index contributed by atoms with van der Waals surface area (Å²) in [7, 11) is 7.53. The van der Waals surface area contributed by atoms with Crippen LogP contribution in [0.5, 0.6) is 0 Å². The van der Waals surface area contributed by atoms with Crippen LogP contribution in [0.3, 0.4) is 0 Å². The Morgan fingerprint density at radius 2 is 1.77 bits per heavy atom. The fourth-order valence-corrected chi connectivity index (χ4v) is 7.10. The molecule has 3 saturated heterocycles. The third-order valence-electron chi connectivity index (χ3n) is 9.84. The molecule has 9 atom stereocenters. The lowest BCUT2D eigenvalue weighted by Crippen LogP contribution is -2.59. The molecule has 10 nitrogen and oxygen atoms in total. The molecule has 43 heavy (non-hydrogen) atoms. The highest BCUT2D eigenvalue weighted by Gasteiger charge is 2.51. The first kappa shape index (κ1) is 36.1. The van der Waals surface area contributed by atoms with E-state index in [-0.39, 0.29) is 36.5 Å². The molecule has 0 saturated carbocycles. The van der Waals surface area contributed by atoms with E-state index in [0.29, 0.717) is 12.8 Å². The predicted octanol–water partition coefficient (Wildman–Crippen LogP) is 2.97. The van der Waals surface area contributed by atoms with Crippen molar-refractivity contribution in [2.24, 2.45) is 17.3 Å². The molecule has 0 unspecified atom stereocenters. The summed E-state index contributed by atoms with van der Waals surface area (Å²) in [5.41, 5.74) is -2.33. The number of rotatable bonds is 7. The van der Waals surface area contributed by atoms with Gasteiger partial charge in [-0.05, 0) is 93.5 Å². The third-order valence-corrected chi connectivity index (χ3v) is 9.84. The topological polar surface area (TPSA) is 101 Å². The third kappa shape index (κ3) is 8.87. The van der Waals surface area contributed by atoms with E-state index in [1.54, 1.807) is 27.9 Å². The van der Waals surface area contributed by atoms with Gasteiger partial charge in [-0.1, -0.05) is 26.0 Å². The van der Waals surface area contributed by atoms with E-state index in [9.17, 15) is 14.7 Å². The molecule has 3 aliphatic rings. The minimum Gasteiger partial charge on any atom is -0.463 e. The highest BCUT2D eigenvalue weighted by Crippen LogP contribution is 2.38. The normalized spacial score (nSPS) is 39.4. The maximum absolute atomic E-state index is 14.1. The van der Waals surface area contributed by atoms with Crippen molar-refractivity contribution in [3.8, 4) is 0 Å². The van der Waals surface area contributed by atoms with Crippen molar-refractivity contribution >= 4 is 11.8 Å². The van der Waals surface area contributed by atoms with Crippen LogP contribution < -0.4 is 0 Å². The number of aliphatic hydroxyl groups excluding tert-OH is 1. The number of carbonyl (C=O) groups is 2. The first-order chi connectivity index (χ1) is 20.1. The van der Waals surface area contributed by atoms with Crippen molar-refractivity contribution < 1.29 is 33.6 Å². The maximum atomic E-state index is 14.1. The molecule has 0 radical (unpaired) electrons. The Bertz CT molecular complexity index is 953. The Hall–Kier alpha value is -1.40. The summed E-state index contributed by atoms with van der Waals surface area (Å²) in [5, 5.41) is 11.3. The zero-order valence-corrected chi connectivity index (χ0v) is 28.4. The summed E-state index contributed by atoms with van der Waals surface area (Å²) in [4.78, 5) is 34.2. The van der Waals surface area contributed by atoms with Crippen LogP contribution in [0.15, 0.2) is 12.2 Å². The van der Waals surface area contributed by atoms with Gasteiger partial charge in [0.1, 0.15) is 18.1 Å². The lowest BCUT2D eigenvalue weighted by Gasteiger charge is -2.47. The second kappa shape index (κ2) is 15.3. The molecule has 0 aliphatic carbocycles. The second-order valence-corrected chi connectivity index (χ2v) is 14.3. The number of hydrogen-bond acceptors (Lipinski definition) is 10. The highest BCUT2D eigenvalue weighted by molar-refractivity contribution is 6.04. The van der Waals surface area contributed by atoms with Crippen LogP contribution in [0.2, 0.25) is 0 Å². The van der Waals surface area contributed by atoms with Gasteiger partial charge in [-0.15, -0.1) is 0 Å². The van der Waals surface area contributed by atoms with Gasteiger partial charge in [0.2, 0.25) is 0 Å². The van der Waals surface area contributed by atoms with Crippen LogP contribution in [0.25, 0.3) is 0 Å². The van der Waals surface area contributed by atoms with Crippen LogP contribution in [0.4, 0.5) is 0 Å². The Morgan fingerprint density at radius 3 is 2.37 bits per heavy atom. The maximum Gasteiger partial charge on any atom is 0.319 e. The molecule has 10 heteroatoms. The number of cyclic esters (lactones) is 1. The number of nitrogens with zero attached hydrogens (tertiary/aromatic N) is 3. The fraction of sp³-hybridized carbons (Fsp3) is 0.879. The molecule has 0 amide bonds. The number of esters is 1. The highest BCUT2D eigenvalue weighted by atomic mass is 16.7. The Morgan fingerprint density at radius 1 is 1.12 bits per heavy atom. The van der Waals surface area contributed by atoms with E-state index >= 15 is 0 Å². The van der Waals surface area contributed by atoms with Crippen molar-refractivity contribution in [3.63, 3.8) is 0 Å². The zero-order valence-electron chi connectivity index (χ0n) is 28.4. The monoisotopic (exact) mass is 609 g/mol. The van der Waals surface area contributed by atoms with Crippen molar-refractivity contribution in [1.82, 2.24) is 14.7 Å². The molecule has 0 spiro atoms. The van der Waals surface area contributed by atoms with Gasteiger partial charge in [0.05, 0.1) is 23.9 Å². The number of Topliss-reactive ketones (excluding diaryl/α,β-unsaturated/α-hetero) is 1. The second-order valence-electron chi connectivity index (χ2n) is 14.3.